The zero-order chi connectivity index (χ0) is 28.0. The second-order valence-electron chi connectivity index (χ2n) is 8.35. The van der Waals surface area contributed by atoms with Crippen LogP contribution in [0.3, 0.4) is 0 Å². The molecule has 202 valence electrons. The Morgan fingerprint density at radius 1 is 0.795 bits per heavy atom. The summed E-state index contributed by atoms with van der Waals surface area (Å²) in [5.41, 5.74) is 1.23. The van der Waals surface area contributed by atoms with Crippen LogP contribution in [0, 0.1) is 6.92 Å². The van der Waals surface area contributed by atoms with E-state index in [-0.39, 0.29) is 16.3 Å². The number of amides is 1. The van der Waals surface area contributed by atoms with Crippen LogP contribution >= 0.6 is 0 Å². The summed E-state index contributed by atoms with van der Waals surface area (Å²) in [6.07, 6.45) is -4.85. The lowest BCUT2D eigenvalue weighted by Crippen LogP contribution is -2.38. The van der Waals surface area contributed by atoms with Crippen LogP contribution in [0.4, 0.5) is 24.5 Å². The molecule has 4 aromatic carbocycles. The van der Waals surface area contributed by atoms with Gasteiger partial charge in [-0.05, 0) is 79.7 Å². The zero-order valence-corrected chi connectivity index (χ0v) is 21.4. The van der Waals surface area contributed by atoms with Gasteiger partial charge in [-0.2, -0.15) is 0 Å². The van der Waals surface area contributed by atoms with Crippen molar-refractivity contribution in [1.29, 1.82) is 0 Å². The third kappa shape index (κ3) is 7.51. The van der Waals surface area contributed by atoms with Gasteiger partial charge in [0.05, 0.1) is 10.6 Å². The standard InChI is InChI=1S/C28H23F3N2O5S/c1-20-7-17-26(18-8-20)39(35,36)33(22-11-15-24(16-12-22)37-23-5-3-2-4-6-23)19-27(34)32-21-9-13-25(14-10-21)38-28(29,30)31/h2-18H,19H2,1H3,(H,32,34). The molecule has 0 spiro atoms. The summed E-state index contributed by atoms with van der Waals surface area (Å²) in [6.45, 7) is 1.22. The minimum atomic E-state index is -4.85. The van der Waals surface area contributed by atoms with Gasteiger partial charge in [-0.3, -0.25) is 9.10 Å². The molecule has 4 rings (SSSR count). The van der Waals surface area contributed by atoms with Crippen molar-refractivity contribution in [1.82, 2.24) is 0 Å². The Kier molecular flexibility index (Phi) is 8.10. The molecular weight excluding hydrogens is 533 g/mol. The average molecular weight is 557 g/mol. The quantitative estimate of drug-likeness (QED) is 0.254. The zero-order valence-electron chi connectivity index (χ0n) is 20.6. The van der Waals surface area contributed by atoms with Crippen molar-refractivity contribution < 1.29 is 35.9 Å². The van der Waals surface area contributed by atoms with Gasteiger partial charge in [0.1, 0.15) is 23.8 Å². The predicted molar refractivity (Wildman–Crippen MR) is 140 cm³/mol. The first-order valence-corrected chi connectivity index (χ1v) is 13.0. The maximum atomic E-state index is 13.6. The Bertz CT molecular complexity index is 1510. The molecule has 39 heavy (non-hydrogen) atoms. The largest absolute Gasteiger partial charge is 0.573 e. The van der Waals surface area contributed by atoms with Crippen molar-refractivity contribution in [3.05, 3.63) is 109 Å². The molecule has 0 bridgehead atoms. The number of aryl methyl sites for hydroxylation is 1. The maximum Gasteiger partial charge on any atom is 0.573 e. The van der Waals surface area contributed by atoms with Crippen LogP contribution in [-0.2, 0) is 14.8 Å². The van der Waals surface area contributed by atoms with Crippen molar-refractivity contribution in [2.75, 3.05) is 16.2 Å². The second kappa shape index (κ2) is 11.5. The number of ether oxygens (including phenoxy) is 2. The summed E-state index contributed by atoms with van der Waals surface area (Å²) in [7, 11) is -4.17. The number of para-hydroxylation sites is 1. The first-order chi connectivity index (χ1) is 18.5. The van der Waals surface area contributed by atoms with Gasteiger partial charge in [0.25, 0.3) is 10.0 Å². The summed E-state index contributed by atoms with van der Waals surface area (Å²) < 4.78 is 74.9. The lowest BCUT2D eigenvalue weighted by molar-refractivity contribution is -0.274. The molecule has 0 aliphatic carbocycles. The van der Waals surface area contributed by atoms with Crippen LogP contribution in [0.25, 0.3) is 0 Å². The number of carbonyl (C=O) groups is 1. The maximum absolute atomic E-state index is 13.6. The van der Waals surface area contributed by atoms with Crippen molar-refractivity contribution in [2.45, 2.75) is 18.2 Å². The van der Waals surface area contributed by atoms with E-state index in [0.717, 1.165) is 22.0 Å². The van der Waals surface area contributed by atoms with E-state index in [4.69, 9.17) is 4.74 Å². The number of hydrogen-bond donors (Lipinski definition) is 1. The lowest BCUT2D eigenvalue weighted by Gasteiger charge is -2.24. The van der Waals surface area contributed by atoms with Gasteiger partial charge in [-0.1, -0.05) is 35.9 Å². The molecule has 0 radical (unpaired) electrons. The van der Waals surface area contributed by atoms with Crippen LogP contribution < -0.4 is 19.1 Å². The number of sulfonamides is 1. The SMILES string of the molecule is Cc1ccc(S(=O)(=O)N(CC(=O)Nc2ccc(OC(F)(F)F)cc2)c2ccc(Oc3ccccc3)cc2)cc1. The monoisotopic (exact) mass is 556 g/mol. The summed E-state index contributed by atoms with van der Waals surface area (Å²) in [4.78, 5) is 12.9. The second-order valence-corrected chi connectivity index (χ2v) is 10.2. The molecule has 7 nitrogen and oxygen atoms in total. The van der Waals surface area contributed by atoms with Crippen molar-refractivity contribution in [2.24, 2.45) is 0 Å². The highest BCUT2D eigenvalue weighted by Crippen LogP contribution is 2.29. The Labute approximate surface area is 223 Å². The number of nitrogens with zero attached hydrogens (tertiary/aromatic N) is 1. The van der Waals surface area contributed by atoms with Gasteiger partial charge >= 0.3 is 6.36 Å². The topological polar surface area (TPSA) is 84.9 Å². The first kappa shape index (κ1) is 27.5. The molecule has 0 fully saturated rings. The van der Waals surface area contributed by atoms with E-state index >= 15 is 0 Å². The number of carbonyl (C=O) groups excluding carboxylic acids is 1. The minimum absolute atomic E-state index is 0.0147. The van der Waals surface area contributed by atoms with E-state index in [1.165, 1.54) is 36.4 Å². The summed E-state index contributed by atoms with van der Waals surface area (Å²) in [5, 5.41) is 2.50. The van der Waals surface area contributed by atoms with Crippen LogP contribution in [0.15, 0.2) is 108 Å². The van der Waals surface area contributed by atoms with Crippen LogP contribution in [-0.4, -0.2) is 27.2 Å². The number of anilines is 2. The molecular formula is C28H23F3N2O5S. The average Bonchev–Trinajstić information content (AvgIpc) is 2.89. The molecule has 0 aliphatic rings. The van der Waals surface area contributed by atoms with Crippen molar-refractivity contribution in [3.63, 3.8) is 0 Å². The summed E-state index contributed by atoms with van der Waals surface area (Å²) >= 11 is 0. The van der Waals surface area contributed by atoms with Gasteiger partial charge in [0.15, 0.2) is 0 Å². The normalized spacial score (nSPS) is 11.5. The van der Waals surface area contributed by atoms with Gasteiger partial charge in [0, 0.05) is 5.69 Å². The van der Waals surface area contributed by atoms with E-state index < -0.39 is 34.6 Å². The van der Waals surface area contributed by atoms with Gasteiger partial charge in [0.2, 0.25) is 5.91 Å². The fraction of sp³-hybridized carbons (Fsp3) is 0.107. The van der Waals surface area contributed by atoms with Gasteiger partial charge in [-0.25, -0.2) is 8.42 Å². The molecule has 11 heteroatoms. The Morgan fingerprint density at radius 2 is 1.36 bits per heavy atom. The number of hydrogen-bond acceptors (Lipinski definition) is 5. The van der Waals surface area contributed by atoms with Gasteiger partial charge in [-0.15, -0.1) is 13.2 Å². The van der Waals surface area contributed by atoms with Crippen LogP contribution in [0.5, 0.6) is 17.2 Å². The molecule has 0 saturated heterocycles. The molecule has 4 aromatic rings. The third-order valence-corrected chi connectivity index (χ3v) is 7.16. The number of nitrogens with one attached hydrogen (secondary N) is 1. The molecule has 0 atom stereocenters. The molecule has 0 heterocycles. The number of halogens is 3. The van der Waals surface area contributed by atoms with E-state index in [0.29, 0.717) is 11.5 Å². The highest BCUT2D eigenvalue weighted by Gasteiger charge is 2.31. The van der Waals surface area contributed by atoms with E-state index in [1.807, 2.05) is 25.1 Å². The predicted octanol–water partition coefficient (Wildman–Crippen LogP) is 6.52. The highest BCUT2D eigenvalue weighted by molar-refractivity contribution is 7.92. The lowest BCUT2D eigenvalue weighted by atomic mass is 10.2. The fourth-order valence-electron chi connectivity index (χ4n) is 3.53. The fourth-order valence-corrected chi connectivity index (χ4v) is 4.95. The number of alkyl halides is 3. The minimum Gasteiger partial charge on any atom is -0.457 e. The van der Waals surface area contributed by atoms with E-state index in [2.05, 4.69) is 10.1 Å². The molecule has 0 aromatic heterocycles. The Balaban J connectivity index is 1.57. The van der Waals surface area contributed by atoms with E-state index in [1.54, 1.807) is 36.4 Å². The van der Waals surface area contributed by atoms with Crippen molar-refractivity contribution >= 4 is 27.3 Å². The molecule has 0 saturated carbocycles. The van der Waals surface area contributed by atoms with E-state index in [9.17, 15) is 26.4 Å². The molecule has 0 unspecified atom stereocenters. The smallest absolute Gasteiger partial charge is 0.457 e. The van der Waals surface area contributed by atoms with Gasteiger partial charge < -0.3 is 14.8 Å². The molecule has 1 N–H and O–H groups in total. The van der Waals surface area contributed by atoms with Crippen LogP contribution in [0.2, 0.25) is 0 Å². The third-order valence-electron chi connectivity index (χ3n) is 5.37. The van der Waals surface area contributed by atoms with Crippen LogP contribution in [0.1, 0.15) is 5.56 Å². The number of rotatable bonds is 9. The molecule has 0 aliphatic heterocycles. The summed E-state index contributed by atoms with van der Waals surface area (Å²) in [5.74, 6) is -0.106. The Hall–Kier alpha value is -4.51. The highest BCUT2D eigenvalue weighted by atomic mass is 32.2. The number of benzene rings is 4. The van der Waals surface area contributed by atoms with Crippen molar-refractivity contribution in [3.8, 4) is 17.2 Å². The first-order valence-electron chi connectivity index (χ1n) is 11.6. The molecule has 1 amide bonds. The summed E-state index contributed by atoms with van der Waals surface area (Å²) in [6, 6.07) is 25.9. The Morgan fingerprint density at radius 3 is 1.95 bits per heavy atom.